The van der Waals surface area contributed by atoms with Crippen molar-refractivity contribution in [1.29, 1.82) is 5.26 Å². The molecule has 0 bridgehead atoms. The Morgan fingerprint density at radius 3 is 2.30 bits per heavy atom. The van der Waals surface area contributed by atoms with Crippen LogP contribution >= 0.6 is 0 Å². The highest BCUT2D eigenvalue weighted by atomic mass is 16.1. The molecule has 2 aromatic rings. The van der Waals surface area contributed by atoms with Crippen LogP contribution in [0, 0.1) is 32.1 Å². The number of hydrogen-bond donors (Lipinski definition) is 1. The minimum atomic E-state index is -0.140. The van der Waals surface area contributed by atoms with Gasteiger partial charge in [-0.3, -0.25) is 4.79 Å². The Morgan fingerprint density at radius 1 is 1.05 bits per heavy atom. The molecule has 0 aromatic heterocycles. The molecule has 2 aromatic carbocycles. The monoisotopic (exact) mass is 264 g/mol. The van der Waals surface area contributed by atoms with Crippen LogP contribution in [0.4, 0.5) is 5.69 Å². The number of aryl methyl sites for hydroxylation is 3. The van der Waals surface area contributed by atoms with Gasteiger partial charge in [0.1, 0.15) is 0 Å². The zero-order valence-corrected chi connectivity index (χ0v) is 11.8. The summed E-state index contributed by atoms with van der Waals surface area (Å²) in [5, 5.41) is 11.8. The number of nitrogens with one attached hydrogen (secondary N) is 1. The zero-order chi connectivity index (χ0) is 14.7. The Balaban J connectivity index is 2.36. The molecule has 0 aliphatic carbocycles. The van der Waals surface area contributed by atoms with Gasteiger partial charge < -0.3 is 5.32 Å². The summed E-state index contributed by atoms with van der Waals surface area (Å²) in [4.78, 5) is 12.4. The lowest BCUT2D eigenvalue weighted by molar-refractivity contribution is 0.102. The number of rotatable bonds is 2. The van der Waals surface area contributed by atoms with Crippen molar-refractivity contribution in [3.05, 3.63) is 64.2 Å². The van der Waals surface area contributed by atoms with Crippen LogP contribution in [0.25, 0.3) is 0 Å². The maximum Gasteiger partial charge on any atom is 0.256 e. The summed E-state index contributed by atoms with van der Waals surface area (Å²) in [6.45, 7) is 5.74. The average molecular weight is 264 g/mol. The van der Waals surface area contributed by atoms with Crippen LogP contribution in [-0.2, 0) is 0 Å². The summed E-state index contributed by atoms with van der Waals surface area (Å²) in [7, 11) is 0. The molecular formula is C17H16N2O. The van der Waals surface area contributed by atoms with E-state index in [1.807, 2.05) is 45.0 Å². The van der Waals surface area contributed by atoms with E-state index in [2.05, 4.69) is 11.4 Å². The lowest BCUT2D eigenvalue weighted by Crippen LogP contribution is -2.15. The number of nitriles is 1. The van der Waals surface area contributed by atoms with Crippen molar-refractivity contribution in [2.45, 2.75) is 20.8 Å². The number of carbonyl (C=O) groups excluding carboxylic acids is 1. The molecular weight excluding hydrogens is 248 g/mol. The number of nitrogens with zero attached hydrogens (tertiary/aromatic N) is 1. The minimum Gasteiger partial charge on any atom is -0.322 e. The fourth-order valence-corrected chi connectivity index (χ4v) is 2.18. The molecule has 1 amide bonds. The minimum absolute atomic E-state index is 0.140. The second-order valence-corrected chi connectivity index (χ2v) is 4.86. The van der Waals surface area contributed by atoms with Gasteiger partial charge in [0.2, 0.25) is 0 Å². The van der Waals surface area contributed by atoms with Crippen LogP contribution in [0.15, 0.2) is 36.4 Å². The van der Waals surface area contributed by atoms with Crippen molar-refractivity contribution in [3.63, 3.8) is 0 Å². The molecule has 0 aliphatic heterocycles. The Bertz CT molecular complexity index is 691. The second kappa shape index (κ2) is 5.58. The first-order chi connectivity index (χ1) is 9.52. The van der Waals surface area contributed by atoms with Gasteiger partial charge in [-0.1, -0.05) is 24.3 Å². The lowest BCUT2D eigenvalue weighted by atomic mass is 10.0. The van der Waals surface area contributed by atoms with Crippen LogP contribution < -0.4 is 5.32 Å². The van der Waals surface area contributed by atoms with Crippen molar-refractivity contribution in [2.75, 3.05) is 5.32 Å². The van der Waals surface area contributed by atoms with E-state index in [1.165, 1.54) is 0 Å². The Kier molecular flexibility index (Phi) is 3.86. The van der Waals surface area contributed by atoms with E-state index in [0.717, 1.165) is 16.7 Å². The Hall–Kier alpha value is -2.60. The van der Waals surface area contributed by atoms with E-state index < -0.39 is 0 Å². The summed E-state index contributed by atoms with van der Waals surface area (Å²) in [5.74, 6) is -0.140. The molecule has 0 radical (unpaired) electrons. The van der Waals surface area contributed by atoms with Gasteiger partial charge in [-0.15, -0.1) is 0 Å². The SMILES string of the molecule is Cc1ccc(C#N)cc1NC(=O)c1c(C)cccc1C. The summed E-state index contributed by atoms with van der Waals surface area (Å²) in [6.07, 6.45) is 0. The van der Waals surface area contributed by atoms with E-state index in [-0.39, 0.29) is 5.91 Å². The molecule has 0 saturated carbocycles. The van der Waals surface area contributed by atoms with Crippen molar-refractivity contribution in [1.82, 2.24) is 0 Å². The van der Waals surface area contributed by atoms with E-state index >= 15 is 0 Å². The van der Waals surface area contributed by atoms with Gasteiger partial charge in [0.15, 0.2) is 0 Å². The van der Waals surface area contributed by atoms with E-state index in [0.29, 0.717) is 16.8 Å². The first-order valence-electron chi connectivity index (χ1n) is 6.41. The maximum absolute atomic E-state index is 12.4. The summed E-state index contributed by atoms with van der Waals surface area (Å²) in [5.41, 5.74) is 4.72. The number of benzene rings is 2. The van der Waals surface area contributed by atoms with E-state index in [1.54, 1.807) is 12.1 Å². The maximum atomic E-state index is 12.4. The first-order valence-corrected chi connectivity index (χ1v) is 6.41. The molecule has 0 saturated heterocycles. The number of anilines is 1. The largest absolute Gasteiger partial charge is 0.322 e. The second-order valence-electron chi connectivity index (χ2n) is 4.86. The lowest BCUT2D eigenvalue weighted by Gasteiger charge is -2.12. The van der Waals surface area contributed by atoms with Gasteiger partial charge in [-0.2, -0.15) is 5.26 Å². The van der Waals surface area contributed by atoms with Gasteiger partial charge >= 0.3 is 0 Å². The van der Waals surface area contributed by atoms with Crippen molar-refractivity contribution >= 4 is 11.6 Å². The molecule has 100 valence electrons. The van der Waals surface area contributed by atoms with Gasteiger partial charge in [0, 0.05) is 11.3 Å². The van der Waals surface area contributed by atoms with Crippen molar-refractivity contribution < 1.29 is 4.79 Å². The molecule has 20 heavy (non-hydrogen) atoms. The van der Waals surface area contributed by atoms with Crippen LogP contribution in [0.2, 0.25) is 0 Å². The number of amides is 1. The molecule has 0 heterocycles. The molecule has 3 heteroatoms. The number of hydrogen-bond acceptors (Lipinski definition) is 2. The standard InChI is InChI=1S/C17H16N2O/c1-11-7-8-14(10-18)9-15(11)19-17(20)16-12(2)5-4-6-13(16)3/h4-9H,1-3H3,(H,19,20). The van der Waals surface area contributed by atoms with Crippen molar-refractivity contribution in [3.8, 4) is 6.07 Å². The predicted molar refractivity (Wildman–Crippen MR) is 79.8 cm³/mol. The van der Waals surface area contributed by atoms with Gasteiger partial charge in [0.25, 0.3) is 5.91 Å². The third-order valence-electron chi connectivity index (χ3n) is 3.32. The third-order valence-corrected chi connectivity index (χ3v) is 3.32. The zero-order valence-electron chi connectivity index (χ0n) is 11.8. The molecule has 0 atom stereocenters. The molecule has 0 aliphatic rings. The summed E-state index contributed by atoms with van der Waals surface area (Å²) < 4.78 is 0. The number of carbonyl (C=O) groups is 1. The summed E-state index contributed by atoms with van der Waals surface area (Å²) in [6, 6.07) is 13.1. The molecule has 3 nitrogen and oxygen atoms in total. The first kappa shape index (κ1) is 13.8. The third kappa shape index (κ3) is 2.70. The fourth-order valence-electron chi connectivity index (χ4n) is 2.18. The smallest absolute Gasteiger partial charge is 0.256 e. The Labute approximate surface area is 118 Å². The van der Waals surface area contributed by atoms with Crippen LogP contribution in [-0.4, -0.2) is 5.91 Å². The van der Waals surface area contributed by atoms with E-state index in [9.17, 15) is 4.79 Å². The normalized spacial score (nSPS) is 9.90. The molecule has 0 spiro atoms. The van der Waals surface area contributed by atoms with Crippen LogP contribution in [0.1, 0.15) is 32.6 Å². The van der Waals surface area contributed by atoms with E-state index in [4.69, 9.17) is 5.26 Å². The quantitative estimate of drug-likeness (QED) is 0.898. The topological polar surface area (TPSA) is 52.9 Å². The predicted octanol–water partition coefficient (Wildman–Crippen LogP) is 3.74. The highest BCUT2D eigenvalue weighted by molar-refractivity contribution is 6.06. The average Bonchev–Trinajstić information content (AvgIpc) is 2.41. The van der Waals surface area contributed by atoms with Crippen LogP contribution in [0.3, 0.4) is 0 Å². The van der Waals surface area contributed by atoms with Crippen molar-refractivity contribution in [2.24, 2.45) is 0 Å². The molecule has 2 rings (SSSR count). The van der Waals surface area contributed by atoms with Gasteiger partial charge in [0.05, 0.1) is 11.6 Å². The highest BCUT2D eigenvalue weighted by Gasteiger charge is 2.13. The van der Waals surface area contributed by atoms with Gasteiger partial charge in [-0.05, 0) is 49.6 Å². The molecule has 1 N–H and O–H groups in total. The van der Waals surface area contributed by atoms with Gasteiger partial charge in [-0.25, -0.2) is 0 Å². The molecule has 0 unspecified atom stereocenters. The Morgan fingerprint density at radius 2 is 1.70 bits per heavy atom. The fraction of sp³-hybridized carbons (Fsp3) is 0.176. The summed E-state index contributed by atoms with van der Waals surface area (Å²) >= 11 is 0. The van der Waals surface area contributed by atoms with Crippen LogP contribution in [0.5, 0.6) is 0 Å². The molecule has 0 fully saturated rings. The highest BCUT2D eigenvalue weighted by Crippen LogP contribution is 2.20.